The summed E-state index contributed by atoms with van der Waals surface area (Å²) < 4.78 is 0. The number of benzene rings is 1. The molecule has 1 heterocycles. The van der Waals surface area contributed by atoms with Crippen LogP contribution in [0.5, 0.6) is 0 Å². The van der Waals surface area contributed by atoms with Crippen molar-refractivity contribution in [1.29, 1.82) is 0 Å². The molecular formula is C17H25ClN4O2. The first-order valence-corrected chi connectivity index (χ1v) is 8.67. The number of halogens is 1. The molecule has 6 nitrogen and oxygen atoms in total. The Morgan fingerprint density at radius 2 is 1.71 bits per heavy atom. The zero-order valence-electron chi connectivity index (χ0n) is 14.2. The summed E-state index contributed by atoms with van der Waals surface area (Å²) in [4.78, 5) is 27.6. The highest BCUT2D eigenvalue weighted by molar-refractivity contribution is 6.33. The second-order valence-corrected chi connectivity index (χ2v) is 6.51. The normalized spacial score (nSPS) is 14.7. The van der Waals surface area contributed by atoms with Gasteiger partial charge in [0.05, 0.1) is 10.7 Å². The Balaban J connectivity index is 1.71. The molecule has 0 aliphatic carbocycles. The van der Waals surface area contributed by atoms with E-state index in [-0.39, 0.29) is 17.9 Å². The third-order valence-electron chi connectivity index (χ3n) is 3.98. The molecule has 24 heavy (non-hydrogen) atoms. The van der Waals surface area contributed by atoms with Gasteiger partial charge < -0.3 is 20.4 Å². The van der Waals surface area contributed by atoms with E-state index in [0.29, 0.717) is 26.2 Å². The predicted molar refractivity (Wildman–Crippen MR) is 96.5 cm³/mol. The minimum Gasteiger partial charge on any atom is -0.367 e. The average molecular weight is 353 g/mol. The summed E-state index contributed by atoms with van der Waals surface area (Å²) in [6, 6.07) is 7.66. The summed E-state index contributed by atoms with van der Waals surface area (Å²) in [5, 5.41) is 6.35. The molecule has 0 atom stereocenters. The van der Waals surface area contributed by atoms with Crippen LogP contribution < -0.4 is 15.5 Å². The zero-order valence-corrected chi connectivity index (χ0v) is 15.0. The van der Waals surface area contributed by atoms with Crippen LogP contribution in [0.1, 0.15) is 13.8 Å². The van der Waals surface area contributed by atoms with Gasteiger partial charge in [-0.2, -0.15) is 0 Å². The van der Waals surface area contributed by atoms with Gasteiger partial charge in [0.15, 0.2) is 0 Å². The van der Waals surface area contributed by atoms with Crippen LogP contribution in [0.25, 0.3) is 0 Å². The molecule has 1 fully saturated rings. The van der Waals surface area contributed by atoms with E-state index in [0.717, 1.165) is 23.8 Å². The van der Waals surface area contributed by atoms with Crippen LogP contribution in [-0.4, -0.2) is 56.1 Å². The van der Waals surface area contributed by atoms with Gasteiger partial charge in [0.2, 0.25) is 5.91 Å². The fourth-order valence-electron chi connectivity index (χ4n) is 2.53. The number of hydrogen-bond acceptors (Lipinski definition) is 3. The maximum absolute atomic E-state index is 12.1. The number of carbonyl (C=O) groups is 2. The lowest BCUT2D eigenvalue weighted by molar-refractivity contribution is -0.123. The molecule has 2 rings (SSSR count). The lowest BCUT2D eigenvalue weighted by atomic mass is 10.2. The maximum Gasteiger partial charge on any atom is 0.317 e. The van der Waals surface area contributed by atoms with Gasteiger partial charge in [-0.1, -0.05) is 37.6 Å². The minimum absolute atomic E-state index is 0.00222. The van der Waals surface area contributed by atoms with Gasteiger partial charge in [-0.25, -0.2) is 4.79 Å². The largest absolute Gasteiger partial charge is 0.367 e. The highest BCUT2D eigenvalue weighted by Crippen LogP contribution is 2.25. The lowest BCUT2D eigenvalue weighted by Crippen LogP contribution is -2.52. The smallest absolute Gasteiger partial charge is 0.317 e. The Labute approximate surface area is 148 Å². The van der Waals surface area contributed by atoms with E-state index < -0.39 is 0 Å². The fraction of sp³-hybridized carbons (Fsp3) is 0.529. The third kappa shape index (κ3) is 5.03. The molecule has 0 aromatic heterocycles. The van der Waals surface area contributed by atoms with Gasteiger partial charge in [-0.15, -0.1) is 0 Å². The summed E-state index contributed by atoms with van der Waals surface area (Å²) in [6.45, 7) is 7.36. The molecule has 1 aliphatic heterocycles. The number of para-hydroxylation sites is 1. The van der Waals surface area contributed by atoms with E-state index in [4.69, 9.17) is 11.6 Å². The third-order valence-corrected chi connectivity index (χ3v) is 4.30. The van der Waals surface area contributed by atoms with Gasteiger partial charge in [0.1, 0.15) is 0 Å². The van der Waals surface area contributed by atoms with Gasteiger partial charge in [0, 0.05) is 45.2 Å². The second-order valence-electron chi connectivity index (χ2n) is 6.10. The molecule has 1 aliphatic rings. The highest BCUT2D eigenvalue weighted by atomic mass is 35.5. The molecule has 1 aromatic rings. The van der Waals surface area contributed by atoms with Crippen LogP contribution in [0.3, 0.4) is 0 Å². The van der Waals surface area contributed by atoms with E-state index in [1.165, 1.54) is 0 Å². The molecule has 0 spiro atoms. The number of anilines is 1. The van der Waals surface area contributed by atoms with Crippen LogP contribution in [0.2, 0.25) is 5.02 Å². The van der Waals surface area contributed by atoms with Crippen molar-refractivity contribution in [1.82, 2.24) is 15.5 Å². The Hall–Kier alpha value is -1.95. The number of carbonyl (C=O) groups excluding carboxylic acids is 2. The molecule has 132 valence electrons. The number of hydrogen-bond donors (Lipinski definition) is 2. The molecule has 1 saturated heterocycles. The van der Waals surface area contributed by atoms with E-state index in [1.807, 2.05) is 38.1 Å². The van der Waals surface area contributed by atoms with Crippen molar-refractivity contribution < 1.29 is 9.59 Å². The summed E-state index contributed by atoms with van der Waals surface area (Å²) >= 11 is 6.22. The molecule has 0 radical (unpaired) electrons. The number of nitrogens with one attached hydrogen (secondary N) is 2. The van der Waals surface area contributed by atoms with Crippen molar-refractivity contribution in [3.8, 4) is 0 Å². The van der Waals surface area contributed by atoms with Crippen molar-refractivity contribution >= 4 is 29.2 Å². The summed E-state index contributed by atoms with van der Waals surface area (Å²) in [7, 11) is 0. The van der Waals surface area contributed by atoms with E-state index in [1.54, 1.807) is 4.90 Å². The minimum atomic E-state index is -0.0902. The lowest BCUT2D eigenvalue weighted by Gasteiger charge is -2.36. The molecule has 0 saturated carbocycles. The van der Waals surface area contributed by atoms with Crippen LogP contribution in [-0.2, 0) is 4.79 Å². The molecule has 7 heteroatoms. The fourth-order valence-corrected chi connectivity index (χ4v) is 2.78. The summed E-state index contributed by atoms with van der Waals surface area (Å²) in [6.07, 6.45) is 0. The maximum atomic E-state index is 12.1. The van der Waals surface area contributed by atoms with Crippen molar-refractivity contribution in [2.45, 2.75) is 13.8 Å². The molecule has 1 aromatic carbocycles. The number of amides is 3. The molecule has 3 amide bonds. The molecular weight excluding hydrogens is 328 g/mol. The zero-order chi connectivity index (χ0) is 17.5. The Morgan fingerprint density at radius 1 is 1.08 bits per heavy atom. The van der Waals surface area contributed by atoms with Gasteiger partial charge in [0.25, 0.3) is 0 Å². The number of rotatable bonds is 5. The standard InChI is InChI=1S/C17H25ClN4O2/c1-13(2)16(23)19-7-8-20-17(24)22-11-9-21(10-12-22)15-6-4-3-5-14(15)18/h3-6,13H,7-12H2,1-2H3,(H,19,23)(H,20,24). The molecule has 0 bridgehead atoms. The van der Waals surface area contributed by atoms with Crippen molar-refractivity contribution in [2.75, 3.05) is 44.2 Å². The van der Waals surface area contributed by atoms with Crippen molar-refractivity contribution in [2.24, 2.45) is 5.92 Å². The van der Waals surface area contributed by atoms with Crippen LogP contribution >= 0.6 is 11.6 Å². The van der Waals surface area contributed by atoms with Crippen LogP contribution in [0.15, 0.2) is 24.3 Å². The van der Waals surface area contributed by atoms with E-state index in [2.05, 4.69) is 15.5 Å². The predicted octanol–water partition coefficient (Wildman–Crippen LogP) is 1.94. The Bertz CT molecular complexity index is 571. The Morgan fingerprint density at radius 3 is 2.33 bits per heavy atom. The van der Waals surface area contributed by atoms with Crippen LogP contribution in [0.4, 0.5) is 10.5 Å². The monoisotopic (exact) mass is 352 g/mol. The summed E-state index contributed by atoms with van der Waals surface area (Å²) in [5.41, 5.74) is 1.01. The average Bonchev–Trinajstić information content (AvgIpc) is 2.59. The van der Waals surface area contributed by atoms with Gasteiger partial charge in [-0.3, -0.25) is 4.79 Å². The van der Waals surface area contributed by atoms with Gasteiger partial charge >= 0.3 is 6.03 Å². The van der Waals surface area contributed by atoms with Gasteiger partial charge in [-0.05, 0) is 12.1 Å². The Kier molecular flexibility index (Phi) is 6.73. The topological polar surface area (TPSA) is 64.7 Å². The van der Waals surface area contributed by atoms with Crippen molar-refractivity contribution in [3.63, 3.8) is 0 Å². The summed E-state index contributed by atoms with van der Waals surface area (Å²) in [5.74, 6) is -0.0452. The molecule has 2 N–H and O–H groups in total. The highest BCUT2D eigenvalue weighted by Gasteiger charge is 2.22. The van der Waals surface area contributed by atoms with Crippen LogP contribution in [0, 0.1) is 5.92 Å². The second kappa shape index (κ2) is 8.78. The first-order valence-electron chi connectivity index (χ1n) is 8.29. The van der Waals surface area contributed by atoms with E-state index >= 15 is 0 Å². The number of piperazine rings is 1. The van der Waals surface area contributed by atoms with E-state index in [9.17, 15) is 9.59 Å². The van der Waals surface area contributed by atoms with Crippen molar-refractivity contribution in [3.05, 3.63) is 29.3 Å². The quantitative estimate of drug-likeness (QED) is 0.796. The first-order chi connectivity index (χ1) is 11.5. The first kappa shape index (κ1) is 18.4. The SMILES string of the molecule is CC(C)C(=O)NCCNC(=O)N1CCN(c2ccccc2Cl)CC1. The number of nitrogens with zero attached hydrogens (tertiary/aromatic N) is 2. The number of urea groups is 1. The molecule has 0 unspecified atom stereocenters.